The topological polar surface area (TPSA) is 75.7 Å². The largest absolute Gasteiger partial charge is 0.465 e. The highest BCUT2D eigenvalue weighted by Gasteiger charge is 2.34. The fraction of sp³-hybridized carbons (Fsp3) is 0.0526. The lowest BCUT2D eigenvalue weighted by Crippen LogP contribution is -2.54. The highest BCUT2D eigenvalue weighted by molar-refractivity contribution is 7.80. The van der Waals surface area contributed by atoms with Crippen molar-refractivity contribution in [3.05, 3.63) is 71.3 Å². The number of carbonyl (C=O) groups is 3. The third kappa shape index (κ3) is 3.38. The van der Waals surface area contributed by atoms with Crippen LogP contribution in [-0.2, 0) is 14.3 Å². The molecule has 1 N–H and O–H groups in total. The number of para-hydroxylation sites is 1. The first-order valence-corrected chi connectivity index (χ1v) is 8.07. The number of hydrogen-bond acceptors (Lipinski definition) is 5. The molecule has 6 nitrogen and oxygen atoms in total. The highest BCUT2D eigenvalue weighted by atomic mass is 32.1. The summed E-state index contributed by atoms with van der Waals surface area (Å²) in [6, 6.07) is 15.2. The molecule has 130 valence electrons. The number of amides is 2. The summed E-state index contributed by atoms with van der Waals surface area (Å²) in [6.07, 6.45) is 1.45. The van der Waals surface area contributed by atoms with Gasteiger partial charge in [-0.3, -0.25) is 19.8 Å². The predicted octanol–water partition coefficient (Wildman–Crippen LogP) is 2.30. The number of carbonyl (C=O) groups excluding carboxylic acids is 3. The van der Waals surface area contributed by atoms with Crippen LogP contribution in [0.25, 0.3) is 6.08 Å². The predicted molar refractivity (Wildman–Crippen MR) is 100 cm³/mol. The zero-order valence-electron chi connectivity index (χ0n) is 13.8. The molecule has 1 aliphatic rings. The van der Waals surface area contributed by atoms with E-state index < -0.39 is 17.8 Å². The van der Waals surface area contributed by atoms with E-state index in [4.69, 9.17) is 12.2 Å². The Bertz CT molecular complexity index is 920. The maximum Gasteiger partial charge on any atom is 0.337 e. The highest BCUT2D eigenvalue weighted by Crippen LogP contribution is 2.21. The number of hydrogen-bond donors (Lipinski definition) is 1. The molecule has 0 unspecified atom stereocenters. The Morgan fingerprint density at radius 3 is 2.35 bits per heavy atom. The Balaban J connectivity index is 1.94. The van der Waals surface area contributed by atoms with Gasteiger partial charge in [-0.15, -0.1) is 0 Å². The minimum absolute atomic E-state index is 0.0318. The molecule has 1 saturated heterocycles. The summed E-state index contributed by atoms with van der Waals surface area (Å²) in [5, 5.41) is 2.55. The van der Waals surface area contributed by atoms with E-state index in [0.717, 1.165) is 0 Å². The third-order valence-corrected chi connectivity index (χ3v) is 4.04. The first-order valence-electron chi connectivity index (χ1n) is 7.66. The lowest BCUT2D eigenvalue weighted by Gasteiger charge is -2.28. The normalized spacial score (nSPS) is 15.8. The van der Waals surface area contributed by atoms with Gasteiger partial charge in [0.25, 0.3) is 11.8 Å². The minimum Gasteiger partial charge on any atom is -0.465 e. The smallest absolute Gasteiger partial charge is 0.337 e. The first-order chi connectivity index (χ1) is 12.5. The Labute approximate surface area is 155 Å². The number of benzene rings is 2. The third-order valence-electron chi connectivity index (χ3n) is 3.76. The Morgan fingerprint density at radius 2 is 1.73 bits per heavy atom. The van der Waals surface area contributed by atoms with Crippen molar-refractivity contribution in [1.29, 1.82) is 0 Å². The lowest BCUT2D eigenvalue weighted by atomic mass is 10.1. The first kappa shape index (κ1) is 17.5. The van der Waals surface area contributed by atoms with Crippen LogP contribution >= 0.6 is 12.2 Å². The number of nitrogens with zero attached hydrogens (tertiary/aromatic N) is 1. The van der Waals surface area contributed by atoms with Crippen LogP contribution < -0.4 is 10.2 Å². The average Bonchev–Trinajstić information content (AvgIpc) is 2.65. The summed E-state index contributed by atoms with van der Waals surface area (Å²) in [4.78, 5) is 37.8. The lowest BCUT2D eigenvalue weighted by molar-refractivity contribution is -0.122. The zero-order chi connectivity index (χ0) is 18.7. The molecule has 0 bridgehead atoms. The molecule has 2 amide bonds. The number of methoxy groups -OCH3 is 1. The number of nitrogens with one attached hydrogen (secondary N) is 1. The molecule has 26 heavy (non-hydrogen) atoms. The van der Waals surface area contributed by atoms with Gasteiger partial charge < -0.3 is 4.74 Å². The van der Waals surface area contributed by atoms with Crippen LogP contribution in [0, 0.1) is 0 Å². The zero-order valence-corrected chi connectivity index (χ0v) is 14.6. The van der Waals surface area contributed by atoms with Crippen LogP contribution in [0.2, 0.25) is 0 Å². The van der Waals surface area contributed by atoms with Crippen molar-refractivity contribution in [1.82, 2.24) is 5.32 Å². The summed E-state index contributed by atoms with van der Waals surface area (Å²) in [6.45, 7) is 0. The van der Waals surface area contributed by atoms with Crippen molar-refractivity contribution in [2.75, 3.05) is 12.0 Å². The average molecular weight is 366 g/mol. The Hall–Kier alpha value is -3.32. The van der Waals surface area contributed by atoms with E-state index in [0.29, 0.717) is 16.8 Å². The summed E-state index contributed by atoms with van der Waals surface area (Å²) in [5.74, 6) is -1.54. The van der Waals surface area contributed by atoms with Crippen molar-refractivity contribution >= 4 is 46.9 Å². The van der Waals surface area contributed by atoms with Crippen LogP contribution in [0.5, 0.6) is 0 Å². The van der Waals surface area contributed by atoms with Crippen LogP contribution in [0.3, 0.4) is 0 Å². The van der Waals surface area contributed by atoms with Crippen LogP contribution in [0.4, 0.5) is 5.69 Å². The van der Waals surface area contributed by atoms with E-state index in [1.54, 1.807) is 48.5 Å². The fourth-order valence-corrected chi connectivity index (χ4v) is 2.75. The summed E-state index contributed by atoms with van der Waals surface area (Å²) in [7, 11) is 1.30. The molecular formula is C19H14N2O4S. The summed E-state index contributed by atoms with van der Waals surface area (Å²) < 4.78 is 4.64. The van der Waals surface area contributed by atoms with E-state index in [1.807, 2.05) is 6.07 Å². The van der Waals surface area contributed by atoms with Gasteiger partial charge in [-0.05, 0) is 48.1 Å². The van der Waals surface area contributed by atoms with E-state index in [9.17, 15) is 14.4 Å². The van der Waals surface area contributed by atoms with Gasteiger partial charge in [0.05, 0.1) is 18.4 Å². The molecule has 1 aliphatic heterocycles. The Kier molecular flexibility index (Phi) is 4.90. The molecule has 2 aromatic rings. The molecular weight excluding hydrogens is 352 g/mol. The summed E-state index contributed by atoms with van der Waals surface area (Å²) >= 11 is 5.13. The molecule has 0 aliphatic carbocycles. The number of rotatable bonds is 3. The van der Waals surface area contributed by atoms with Crippen molar-refractivity contribution < 1.29 is 19.1 Å². The van der Waals surface area contributed by atoms with E-state index in [-0.39, 0.29) is 10.7 Å². The van der Waals surface area contributed by atoms with E-state index in [2.05, 4.69) is 10.1 Å². The molecule has 0 saturated carbocycles. The molecule has 3 rings (SSSR count). The van der Waals surface area contributed by atoms with Crippen molar-refractivity contribution in [2.45, 2.75) is 0 Å². The van der Waals surface area contributed by atoms with E-state index >= 15 is 0 Å². The van der Waals surface area contributed by atoms with Crippen molar-refractivity contribution in [3.8, 4) is 0 Å². The molecule has 7 heteroatoms. The van der Waals surface area contributed by atoms with Gasteiger partial charge in [-0.2, -0.15) is 0 Å². The second-order valence-corrected chi connectivity index (χ2v) is 5.79. The number of esters is 1. The maximum atomic E-state index is 12.8. The van der Waals surface area contributed by atoms with Crippen LogP contribution in [0.15, 0.2) is 60.2 Å². The van der Waals surface area contributed by atoms with Crippen LogP contribution in [0.1, 0.15) is 15.9 Å². The molecule has 1 heterocycles. The summed E-state index contributed by atoms with van der Waals surface area (Å²) in [5.41, 5.74) is 1.49. The molecule has 1 fully saturated rings. The van der Waals surface area contributed by atoms with Gasteiger partial charge >= 0.3 is 5.97 Å². The molecule has 2 aromatic carbocycles. The van der Waals surface area contributed by atoms with Crippen molar-refractivity contribution in [3.63, 3.8) is 0 Å². The maximum absolute atomic E-state index is 12.8. The quantitative estimate of drug-likeness (QED) is 0.390. The van der Waals surface area contributed by atoms with E-state index in [1.165, 1.54) is 18.1 Å². The molecule has 0 atom stereocenters. The van der Waals surface area contributed by atoms with Crippen molar-refractivity contribution in [2.24, 2.45) is 0 Å². The van der Waals surface area contributed by atoms with Gasteiger partial charge in [0.1, 0.15) is 5.57 Å². The number of thiocarbonyl (C=S) groups is 1. The van der Waals surface area contributed by atoms with Gasteiger partial charge in [-0.25, -0.2) is 4.79 Å². The number of anilines is 1. The Morgan fingerprint density at radius 1 is 1.08 bits per heavy atom. The minimum atomic E-state index is -0.566. The molecule has 0 radical (unpaired) electrons. The van der Waals surface area contributed by atoms with Gasteiger partial charge in [0.15, 0.2) is 5.11 Å². The van der Waals surface area contributed by atoms with Crippen LogP contribution in [-0.4, -0.2) is 30.0 Å². The van der Waals surface area contributed by atoms with Gasteiger partial charge in [0, 0.05) is 0 Å². The molecule has 0 spiro atoms. The second-order valence-electron chi connectivity index (χ2n) is 5.41. The standard InChI is InChI=1S/C19H14N2O4S/c1-25-18(24)13-9-7-12(8-10-13)11-15-16(22)20-19(26)21(17(15)23)14-5-3-2-4-6-14/h2-11H,1H3,(H,20,22,26)/b15-11+. The van der Waals surface area contributed by atoms with Gasteiger partial charge in [-0.1, -0.05) is 30.3 Å². The fourth-order valence-electron chi connectivity index (χ4n) is 2.47. The monoisotopic (exact) mass is 366 g/mol. The van der Waals surface area contributed by atoms with Gasteiger partial charge in [0.2, 0.25) is 0 Å². The number of ether oxygens (including phenoxy) is 1. The second kappa shape index (κ2) is 7.28. The SMILES string of the molecule is COC(=O)c1ccc(/C=C2\C(=O)NC(=S)N(c3ccccc3)C2=O)cc1. The molecule has 0 aromatic heterocycles.